The third-order valence-corrected chi connectivity index (χ3v) is 3.02. The van der Waals surface area contributed by atoms with Gasteiger partial charge in [0.15, 0.2) is 0 Å². The Morgan fingerprint density at radius 1 is 1.20 bits per heavy atom. The standard InChI is InChI=1S/C15H14ClFO3/c1-19-15-7-4-11(17)8-13(15)14(18)9-20-12-5-2-10(16)3-6-12/h2-8,14,18H,9H2,1H3. The maximum atomic E-state index is 13.2. The lowest BCUT2D eigenvalue weighted by Gasteiger charge is -2.15. The first kappa shape index (κ1) is 14.6. The first-order valence-electron chi connectivity index (χ1n) is 6.00. The molecule has 1 atom stereocenters. The molecule has 1 N–H and O–H groups in total. The Kier molecular flexibility index (Phi) is 4.82. The van der Waals surface area contributed by atoms with Crippen molar-refractivity contribution in [1.82, 2.24) is 0 Å². The number of ether oxygens (including phenoxy) is 2. The lowest BCUT2D eigenvalue weighted by atomic mass is 10.1. The van der Waals surface area contributed by atoms with Crippen LogP contribution in [0.1, 0.15) is 11.7 Å². The summed E-state index contributed by atoms with van der Waals surface area (Å²) in [5.74, 6) is 0.550. The van der Waals surface area contributed by atoms with Crippen molar-refractivity contribution in [2.45, 2.75) is 6.10 Å². The van der Waals surface area contributed by atoms with Crippen LogP contribution in [0.4, 0.5) is 4.39 Å². The van der Waals surface area contributed by atoms with E-state index in [1.165, 1.54) is 25.3 Å². The smallest absolute Gasteiger partial charge is 0.124 e. The Labute approximate surface area is 121 Å². The second-order valence-electron chi connectivity index (χ2n) is 4.17. The van der Waals surface area contributed by atoms with Crippen LogP contribution in [0.15, 0.2) is 42.5 Å². The minimum atomic E-state index is -0.990. The highest BCUT2D eigenvalue weighted by atomic mass is 35.5. The molecule has 3 nitrogen and oxygen atoms in total. The van der Waals surface area contributed by atoms with E-state index in [0.29, 0.717) is 22.1 Å². The number of aliphatic hydroxyl groups is 1. The van der Waals surface area contributed by atoms with Gasteiger partial charge >= 0.3 is 0 Å². The zero-order chi connectivity index (χ0) is 14.5. The zero-order valence-electron chi connectivity index (χ0n) is 10.8. The highest BCUT2D eigenvalue weighted by Crippen LogP contribution is 2.27. The third-order valence-electron chi connectivity index (χ3n) is 2.77. The van der Waals surface area contributed by atoms with Gasteiger partial charge in [0.05, 0.1) is 7.11 Å². The van der Waals surface area contributed by atoms with E-state index >= 15 is 0 Å². The van der Waals surface area contributed by atoms with Crippen molar-refractivity contribution in [1.29, 1.82) is 0 Å². The van der Waals surface area contributed by atoms with Gasteiger partial charge in [-0.15, -0.1) is 0 Å². The maximum Gasteiger partial charge on any atom is 0.124 e. The number of benzene rings is 2. The quantitative estimate of drug-likeness (QED) is 0.916. The molecule has 0 spiro atoms. The second kappa shape index (κ2) is 6.59. The van der Waals surface area contributed by atoms with Crippen LogP contribution < -0.4 is 9.47 Å². The van der Waals surface area contributed by atoms with Crippen molar-refractivity contribution in [3.63, 3.8) is 0 Å². The molecule has 106 valence electrons. The van der Waals surface area contributed by atoms with Gasteiger partial charge in [-0.25, -0.2) is 4.39 Å². The predicted octanol–water partition coefficient (Wildman–Crippen LogP) is 3.60. The molecule has 0 saturated heterocycles. The Morgan fingerprint density at radius 3 is 2.55 bits per heavy atom. The second-order valence-corrected chi connectivity index (χ2v) is 4.60. The van der Waals surface area contributed by atoms with E-state index in [4.69, 9.17) is 21.1 Å². The van der Waals surface area contributed by atoms with Crippen molar-refractivity contribution >= 4 is 11.6 Å². The van der Waals surface area contributed by atoms with Crippen LogP contribution in [0.3, 0.4) is 0 Å². The minimum absolute atomic E-state index is 0.0125. The van der Waals surface area contributed by atoms with Crippen LogP contribution in [0.25, 0.3) is 0 Å². The average molecular weight is 297 g/mol. The van der Waals surface area contributed by atoms with Gasteiger partial charge in [-0.05, 0) is 42.5 Å². The molecule has 0 heterocycles. The fourth-order valence-corrected chi connectivity index (χ4v) is 1.89. The fourth-order valence-electron chi connectivity index (χ4n) is 1.76. The molecule has 2 aromatic rings. The van der Waals surface area contributed by atoms with Gasteiger partial charge in [0.25, 0.3) is 0 Å². The molecule has 1 unspecified atom stereocenters. The molecule has 2 aromatic carbocycles. The fraction of sp³-hybridized carbons (Fsp3) is 0.200. The van der Waals surface area contributed by atoms with Gasteiger partial charge in [0, 0.05) is 10.6 Å². The lowest BCUT2D eigenvalue weighted by Crippen LogP contribution is -2.11. The number of halogens is 2. The van der Waals surface area contributed by atoms with Crippen LogP contribution >= 0.6 is 11.6 Å². The number of methoxy groups -OCH3 is 1. The van der Waals surface area contributed by atoms with Gasteiger partial charge < -0.3 is 14.6 Å². The van der Waals surface area contributed by atoms with E-state index in [9.17, 15) is 9.50 Å². The summed E-state index contributed by atoms with van der Waals surface area (Å²) in [4.78, 5) is 0. The molecule has 0 fully saturated rings. The van der Waals surface area contributed by atoms with Gasteiger partial charge in [-0.2, -0.15) is 0 Å². The minimum Gasteiger partial charge on any atom is -0.496 e. The summed E-state index contributed by atoms with van der Waals surface area (Å²) in [7, 11) is 1.46. The van der Waals surface area contributed by atoms with Gasteiger partial charge in [-0.1, -0.05) is 11.6 Å². The first-order chi connectivity index (χ1) is 9.60. The average Bonchev–Trinajstić information content (AvgIpc) is 2.46. The summed E-state index contributed by atoms with van der Waals surface area (Å²) >= 11 is 5.76. The van der Waals surface area contributed by atoms with Crippen LogP contribution in [0.5, 0.6) is 11.5 Å². The number of hydrogen-bond acceptors (Lipinski definition) is 3. The molecule has 0 saturated carbocycles. The van der Waals surface area contributed by atoms with Gasteiger partial charge in [-0.3, -0.25) is 0 Å². The van der Waals surface area contributed by atoms with Crippen molar-refractivity contribution in [3.05, 3.63) is 58.9 Å². The SMILES string of the molecule is COc1ccc(F)cc1C(O)COc1ccc(Cl)cc1. The van der Waals surface area contributed by atoms with Crippen molar-refractivity contribution in [2.75, 3.05) is 13.7 Å². The van der Waals surface area contributed by atoms with Gasteiger partial charge in [0.1, 0.15) is 30.0 Å². The summed E-state index contributed by atoms with van der Waals surface area (Å²) in [5, 5.41) is 10.7. The van der Waals surface area contributed by atoms with Crippen molar-refractivity contribution < 1.29 is 19.0 Å². The maximum absolute atomic E-state index is 13.2. The van der Waals surface area contributed by atoms with E-state index in [2.05, 4.69) is 0 Å². The van der Waals surface area contributed by atoms with E-state index in [1.807, 2.05) is 0 Å². The van der Waals surface area contributed by atoms with E-state index < -0.39 is 11.9 Å². The van der Waals surface area contributed by atoms with Crippen molar-refractivity contribution in [3.8, 4) is 11.5 Å². The normalized spacial score (nSPS) is 12.0. The van der Waals surface area contributed by atoms with Crippen LogP contribution in [-0.2, 0) is 0 Å². The lowest BCUT2D eigenvalue weighted by molar-refractivity contribution is 0.105. The van der Waals surface area contributed by atoms with Gasteiger partial charge in [0.2, 0.25) is 0 Å². The Balaban J connectivity index is 2.06. The first-order valence-corrected chi connectivity index (χ1v) is 6.38. The molecule has 2 rings (SSSR count). The Bertz CT molecular complexity index is 572. The molecule has 5 heteroatoms. The Morgan fingerprint density at radius 2 is 1.90 bits per heavy atom. The third kappa shape index (κ3) is 3.62. The molecule has 0 aliphatic carbocycles. The van der Waals surface area contributed by atoms with Crippen molar-refractivity contribution in [2.24, 2.45) is 0 Å². The molecular weight excluding hydrogens is 283 g/mol. The number of rotatable bonds is 5. The van der Waals surface area contributed by atoms with Crippen LogP contribution in [-0.4, -0.2) is 18.8 Å². The van der Waals surface area contributed by atoms with E-state index in [0.717, 1.165) is 0 Å². The summed E-state index contributed by atoms with van der Waals surface area (Å²) in [5.41, 5.74) is 0.349. The molecular formula is C15H14ClFO3. The highest BCUT2D eigenvalue weighted by Gasteiger charge is 2.15. The zero-order valence-corrected chi connectivity index (χ0v) is 11.6. The topological polar surface area (TPSA) is 38.7 Å². The molecule has 0 aromatic heterocycles. The molecule has 0 aliphatic rings. The van der Waals surface area contributed by atoms with E-state index in [-0.39, 0.29) is 6.61 Å². The van der Waals surface area contributed by atoms with Crippen LogP contribution in [0, 0.1) is 5.82 Å². The summed E-state index contributed by atoms with van der Waals surface area (Å²) in [6.07, 6.45) is -0.990. The number of hydrogen-bond donors (Lipinski definition) is 1. The van der Waals surface area contributed by atoms with E-state index in [1.54, 1.807) is 24.3 Å². The summed E-state index contributed by atoms with van der Waals surface area (Å²) in [6.45, 7) is -0.0125. The molecule has 0 radical (unpaired) electrons. The predicted molar refractivity (Wildman–Crippen MR) is 74.9 cm³/mol. The monoisotopic (exact) mass is 296 g/mol. The molecule has 0 bridgehead atoms. The van der Waals surface area contributed by atoms with Crippen LogP contribution in [0.2, 0.25) is 5.02 Å². The molecule has 0 aliphatic heterocycles. The molecule has 20 heavy (non-hydrogen) atoms. The highest BCUT2D eigenvalue weighted by molar-refractivity contribution is 6.30. The molecule has 0 amide bonds. The Hall–Kier alpha value is -1.78. The summed E-state index contributed by atoms with van der Waals surface area (Å²) < 4.78 is 23.7. The summed E-state index contributed by atoms with van der Waals surface area (Å²) in [6, 6.07) is 10.7. The largest absolute Gasteiger partial charge is 0.496 e. The number of aliphatic hydroxyl groups excluding tert-OH is 1.